The highest BCUT2D eigenvalue weighted by Crippen LogP contribution is 2.10. The summed E-state index contributed by atoms with van der Waals surface area (Å²) in [6.45, 7) is 1.28. The maximum absolute atomic E-state index is 12.3. The predicted molar refractivity (Wildman–Crippen MR) is 82.9 cm³/mol. The molecule has 0 aliphatic carbocycles. The zero-order chi connectivity index (χ0) is 16.0. The van der Waals surface area contributed by atoms with Crippen LogP contribution < -0.4 is 5.32 Å². The zero-order valence-corrected chi connectivity index (χ0v) is 13.5. The summed E-state index contributed by atoms with van der Waals surface area (Å²) < 4.78 is 0. The molecule has 6 heteroatoms. The van der Waals surface area contributed by atoms with Crippen LogP contribution in [0.5, 0.6) is 0 Å². The van der Waals surface area contributed by atoms with E-state index in [0.717, 1.165) is 10.5 Å². The van der Waals surface area contributed by atoms with E-state index in [1.165, 1.54) is 21.0 Å². The number of carbonyl (C=O) groups is 3. The number of Topliss-reactive ketones (excluding diaryl/α,β-unsaturated/α-hetero) is 1. The third kappa shape index (κ3) is 4.17. The van der Waals surface area contributed by atoms with Gasteiger partial charge in [-0.3, -0.25) is 14.4 Å². The number of benzene rings is 1. The second-order valence-corrected chi connectivity index (χ2v) is 4.74. The Kier molecular flexibility index (Phi) is 6.12. The lowest BCUT2D eigenvalue weighted by atomic mass is 10.1. The fourth-order valence-electron chi connectivity index (χ4n) is 1.84. The summed E-state index contributed by atoms with van der Waals surface area (Å²) in [6.07, 6.45) is 0. The molecule has 0 saturated heterocycles. The SMILES string of the molecule is CNC(=O)C(C(C)=O)N(C)C(=O)c1ccc(C#CBr)cc1. The minimum absolute atomic E-state index is 0.382. The molecule has 1 aromatic carbocycles. The van der Waals surface area contributed by atoms with Gasteiger partial charge in [-0.2, -0.15) is 0 Å². The second kappa shape index (κ2) is 7.60. The Balaban J connectivity index is 3.01. The molecule has 1 N–H and O–H groups in total. The van der Waals surface area contributed by atoms with Gasteiger partial charge in [0, 0.05) is 41.2 Å². The topological polar surface area (TPSA) is 66.5 Å². The maximum atomic E-state index is 12.3. The maximum Gasteiger partial charge on any atom is 0.254 e. The number of hydrogen-bond donors (Lipinski definition) is 1. The molecule has 1 unspecified atom stereocenters. The van der Waals surface area contributed by atoms with E-state index in [1.807, 2.05) is 0 Å². The average molecular weight is 351 g/mol. The predicted octanol–water partition coefficient (Wildman–Crippen LogP) is 1.17. The Bertz CT molecular complexity index is 614. The molecule has 0 fully saturated rings. The monoisotopic (exact) mass is 350 g/mol. The summed E-state index contributed by atoms with van der Waals surface area (Å²) in [5, 5.41) is 2.38. The van der Waals surface area contributed by atoms with Gasteiger partial charge in [-0.15, -0.1) is 0 Å². The van der Waals surface area contributed by atoms with E-state index in [9.17, 15) is 14.4 Å². The van der Waals surface area contributed by atoms with E-state index in [2.05, 4.69) is 32.0 Å². The normalized spacial score (nSPS) is 10.9. The number of nitrogens with one attached hydrogen (secondary N) is 1. The van der Waals surface area contributed by atoms with E-state index in [0.29, 0.717) is 5.56 Å². The van der Waals surface area contributed by atoms with Crippen LogP contribution in [0.1, 0.15) is 22.8 Å². The molecule has 2 amide bonds. The van der Waals surface area contributed by atoms with E-state index in [1.54, 1.807) is 24.3 Å². The number of amides is 2. The van der Waals surface area contributed by atoms with Crippen LogP contribution in [-0.2, 0) is 9.59 Å². The number of halogens is 1. The molecule has 21 heavy (non-hydrogen) atoms. The van der Waals surface area contributed by atoms with E-state index in [4.69, 9.17) is 0 Å². The van der Waals surface area contributed by atoms with Gasteiger partial charge < -0.3 is 10.2 Å². The molecule has 0 saturated carbocycles. The summed E-state index contributed by atoms with van der Waals surface area (Å²) in [5.41, 5.74) is 1.13. The smallest absolute Gasteiger partial charge is 0.254 e. The molecular formula is C15H15BrN2O3. The zero-order valence-electron chi connectivity index (χ0n) is 11.9. The Labute approximate surface area is 131 Å². The van der Waals surface area contributed by atoms with Crippen LogP contribution in [-0.4, -0.2) is 42.6 Å². The van der Waals surface area contributed by atoms with E-state index < -0.39 is 23.6 Å². The first-order valence-corrected chi connectivity index (χ1v) is 6.92. The van der Waals surface area contributed by atoms with Crippen molar-refractivity contribution in [2.45, 2.75) is 13.0 Å². The van der Waals surface area contributed by atoms with Crippen molar-refractivity contribution in [3.63, 3.8) is 0 Å². The number of hydrogen-bond acceptors (Lipinski definition) is 3. The van der Waals surface area contributed by atoms with Crippen molar-refractivity contribution < 1.29 is 14.4 Å². The third-order valence-electron chi connectivity index (χ3n) is 2.91. The van der Waals surface area contributed by atoms with Crippen LogP contribution in [0.15, 0.2) is 24.3 Å². The number of nitrogens with zero attached hydrogens (tertiary/aromatic N) is 1. The van der Waals surface area contributed by atoms with E-state index >= 15 is 0 Å². The van der Waals surface area contributed by atoms with Crippen LogP contribution >= 0.6 is 15.9 Å². The summed E-state index contributed by atoms with van der Waals surface area (Å²) in [6, 6.07) is 5.46. The molecule has 0 spiro atoms. The first-order valence-electron chi connectivity index (χ1n) is 6.13. The Morgan fingerprint density at radius 1 is 1.24 bits per heavy atom. The highest BCUT2D eigenvalue weighted by atomic mass is 79.9. The van der Waals surface area contributed by atoms with Gasteiger partial charge in [0.1, 0.15) is 0 Å². The number of ketones is 1. The molecular weight excluding hydrogens is 336 g/mol. The molecule has 5 nitrogen and oxygen atoms in total. The Hall–Kier alpha value is -2.13. The average Bonchev–Trinajstić information content (AvgIpc) is 2.47. The van der Waals surface area contributed by atoms with Crippen LogP contribution in [0.3, 0.4) is 0 Å². The van der Waals surface area contributed by atoms with Gasteiger partial charge in [0.25, 0.3) is 5.91 Å². The molecule has 0 radical (unpaired) electrons. The van der Waals surface area contributed by atoms with Crippen LogP contribution in [0.4, 0.5) is 0 Å². The first-order chi connectivity index (χ1) is 9.92. The van der Waals surface area contributed by atoms with Crippen molar-refractivity contribution in [1.82, 2.24) is 10.2 Å². The molecule has 0 aliphatic rings. The van der Waals surface area contributed by atoms with Gasteiger partial charge in [0.2, 0.25) is 5.91 Å². The minimum Gasteiger partial charge on any atom is -0.357 e. The van der Waals surface area contributed by atoms with Crippen molar-refractivity contribution in [2.75, 3.05) is 14.1 Å². The summed E-state index contributed by atoms with van der Waals surface area (Å²) in [7, 11) is 2.85. The molecule has 0 heterocycles. The first kappa shape index (κ1) is 16.9. The lowest BCUT2D eigenvalue weighted by Gasteiger charge is -2.24. The van der Waals surface area contributed by atoms with Gasteiger partial charge in [0.05, 0.1) is 0 Å². The lowest BCUT2D eigenvalue weighted by Crippen LogP contribution is -2.50. The lowest BCUT2D eigenvalue weighted by molar-refractivity contribution is -0.133. The van der Waals surface area contributed by atoms with Crippen molar-refractivity contribution in [3.05, 3.63) is 35.4 Å². The third-order valence-corrected chi connectivity index (χ3v) is 3.11. The van der Waals surface area contributed by atoms with Gasteiger partial charge in [-0.05, 0) is 36.0 Å². The highest BCUT2D eigenvalue weighted by Gasteiger charge is 2.30. The van der Waals surface area contributed by atoms with Crippen molar-refractivity contribution in [1.29, 1.82) is 0 Å². The number of likely N-dealkylation sites (N-methyl/N-ethyl adjacent to an activating group) is 2. The van der Waals surface area contributed by atoms with Crippen molar-refractivity contribution in [2.24, 2.45) is 0 Å². The van der Waals surface area contributed by atoms with Gasteiger partial charge in [-0.1, -0.05) is 5.92 Å². The Morgan fingerprint density at radius 3 is 2.24 bits per heavy atom. The molecule has 0 bridgehead atoms. The highest BCUT2D eigenvalue weighted by molar-refractivity contribution is 9.12. The number of rotatable bonds is 4. The molecule has 1 rings (SSSR count). The summed E-state index contributed by atoms with van der Waals surface area (Å²) in [5.74, 6) is 1.48. The Morgan fingerprint density at radius 2 is 1.81 bits per heavy atom. The van der Waals surface area contributed by atoms with Gasteiger partial charge in [-0.25, -0.2) is 0 Å². The van der Waals surface area contributed by atoms with Crippen molar-refractivity contribution >= 4 is 33.5 Å². The molecule has 110 valence electrons. The molecule has 1 atom stereocenters. The van der Waals surface area contributed by atoms with E-state index in [-0.39, 0.29) is 0 Å². The summed E-state index contributed by atoms with van der Waals surface area (Å²) in [4.78, 5) is 39.3. The molecule has 0 aromatic heterocycles. The summed E-state index contributed by atoms with van der Waals surface area (Å²) >= 11 is 3.00. The van der Waals surface area contributed by atoms with Crippen molar-refractivity contribution in [3.8, 4) is 10.8 Å². The quantitative estimate of drug-likeness (QED) is 0.654. The van der Waals surface area contributed by atoms with Crippen LogP contribution in [0.2, 0.25) is 0 Å². The molecule has 1 aromatic rings. The standard InChI is InChI=1S/C15H15BrN2O3/c1-10(19)13(14(20)17-2)18(3)15(21)12-6-4-11(5-7-12)8-9-16/h4-7,13H,1-3H3,(H,17,20). The largest absolute Gasteiger partial charge is 0.357 e. The second-order valence-electron chi connectivity index (χ2n) is 4.34. The number of carbonyl (C=O) groups excluding carboxylic acids is 3. The van der Waals surface area contributed by atoms with Crippen LogP contribution in [0.25, 0.3) is 0 Å². The fourth-order valence-corrected chi connectivity index (χ4v) is 2.07. The molecule has 0 aliphatic heterocycles. The minimum atomic E-state index is -1.13. The van der Waals surface area contributed by atoms with Gasteiger partial charge >= 0.3 is 0 Å². The van der Waals surface area contributed by atoms with Gasteiger partial charge in [0.15, 0.2) is 11.8 Å². The van der Waals surface area contributed by atoms with Crippen LogP contribution in [0, 0.1) is 10.8 Å². The fraction of sp³-hybridized carbons (Fsp3) is 0.267.